The number of pyridine rings is 1. The van der Waals surface area contributed by atoms with Crippen molar-refractivity contribution in [3.63, 3.8) is 0 Å². The van der Waals surface area contributed by atoms with Crippen molar-refractivity contribution in [3.05, 3.63) is 23.2 Å². The van der Waals surface area contributed by atoms with E-state index in [1.165, 1.54) is 25.7 Å². The first-order valence-corrected chi connectivity index (χ1v) is 5.63. The largest absolute Gasteiger partial charge is 0.422 e. The third kappa shape index (κ3) is 1.61. The molecule has 0 amide bonds. The van der Waals surface area contributed by atoms with Crippen molar-refractivity contribution in [2.75, 3.05) is 0 Å². The van der Waals surface area contributed by atoms with Crippen LogP contribution >= 0.6 is 11.6 Å². The number of fused-ring (bicyclic) bond motifs is 1. The average molecular weight is 223 g/mol. The van der Waals surface area contributed by atoms with Crippen molar-refractivity contribution in [2.24, 2.45) is 0 Å². The van der Waals surface area contributed by atoms with E-state index in [1.54, 1.807) is 12.3 Å². The Bertz CT molecular complexity index is 488. The molecule has 4 heteroatoms. The second kappa shape index (κ2) is 3.49. The molecular weight excluding hydrogens is 212 g/mol. The van der Waals surface area contributed by atoms with Gasteiger partial charge in [0, 0.05) is 12.1 Å². The third-order valence-corrected chi connectivity index (χ3v) is 3.14. The summed E-state index contributed by atoms with van der Waals surface area (Å²) in [6, 6.07) is 1.80. The maximum absolute atomic E-state index is 5.84. The highest BCUT2D eigenvalue weighted by molar-refractivity contribution is 6.30. The Kier molecular flexibility index (Phi) is 2.13. The fourth-order valence-electron chi connectivity index (χ4n) is 2.16. The van der Waals surface area contributed by atoms with E-state index in [9.17, 15) is 0 Å². The number of aromatic nitrogens is 2. The van der Waals surface area contributed by atoms with Crippen LogP contribution in [0.1, 0.15) is 37.5 Å². The standard InChI is InChI=1S/C11H11ClN2O/c12-8-5-9-11(13-6-8)15-10(14-9)7-3-1-2-4-7/h5-7H,1-4H2. The van der Waals surface area contributed by atoms with Gasteiger partial charge in [-0.3, -0.25) is 0 Å². The van der Waals surface area contributed by atoms with Gasteiger partial charge in [-0.25, -0.2) is 9.97 Å². The monoisotopic (exact) mass is 222 g/mol. The first kappa shape index (κ1) is 9.16. The van der Waals surface area contributed by atoms with Gasteiger partial charge in [0.15, 0.2) is 0 Å². The second-order valence-electron chi connectivity index (χ2n) is 4.01. The summed E-state index contributed by atoms with van der Waals surface area (Å²) >= 11 is 5.84. The number of nitrogens with zero attached hydrogens (tertiary/aromatic N) is 2. The SMILES string of the molecule is Clc1cnc2oc(C3CCCC3)nc2c1. The van der Waals surface area contributed by atoms with Crippen LogP contribution in [0.5, 0.6) is 0 Å². The molecule has 0 saturated heterocycles. The average Bonchev–Trinajstić information content (AvgIpc) is 2.84. The van der Waals surface area contributed by atoms with Crippen LogP contribution in [-0.4, -0.2) is 9.97 Å². The topological polar surface area (TPSA) is 38.9 Å². The normalized spacial score (nSPS) is 17.7. The zero-order chi connectivity index (χ0) is 10.3. The summed E-state index contributed by atoms with van der Waals surface area (Å²) in [6.07, 6.45) is 6.50. The Balaban J connectivity index is 2.05. The molecule has 3 rings (SSSR count). The fraction of sp³-hybridized carbons (Fsp3) is 0.455. The Morgan fingerprint density at radius 1 is 1.33 bits per heavy atom. The Hall–Kier alpha value is -1.09. The number of hydrogen-bond acceptors (Lipinski definition) is 3. The van der Waals surface area contributed by atoms with Gasteiger partial charge in [0.25, 0.3) is 0 Å². The van der Waals surface area contributed by atoms with Crippen LogP contribution in [0.25, 0.3) is 11.2 Å². The summed E-state index contributed by atoms with van der Waals surface area (Å²) < 4.78 is 5.63. The maximum Gasteiger partial charge on any atom is 0.247 e. The summed E-state index contributed by atoms with van der Waals surface area (Å²) in [6.45, 7) is 0. The van der Waals surface area contributed by atoms with Gasteiger partial charge in [-0.2, -0.15) is 0 Å². The molecule has 1 aliphatic carbocycles. The van der Waals surface area contributed by atoms with Gasteiger partial charge in [0.1, 0.15) is 5.52 Å². The smallest absolute Gasteiger partial charge is 0.247 e. The molecule has 0 aliphatic heterocycles. The predicted molar refractivity (Wildman–Crippen MR) is 58.0 cm³/mol. The minimum atomic E-state index is 0.484. The second-order valence-corrected chi connectivity index (χ2v) is 4.45. The zero-order valence-electron chi connectivity index (χ0n) is 8.24. The molecule has 0 N–H and O–H groups in total. The molecule has 1 aliphatic rings. The highest BCUT2D eigenvalue weighted by Crippen LogP contribution is 2.34. The molecule has 0 bridgehead atoms. The van der Waals surface area contributed by atoms with E-state index >= 15 is 0 Å². The van der Waals surface area contributed by atoms with Crippen molar-refractivity contribution >= 4 is 22.8 Å². The first-order valence-electron chi connectivity index (χ1n) is 5.25. The quantitative estimate of drug-likeness (QED) is 0.741. The minimum Gasteiger partial charge on any atom is -0.422 e. The first-order chi connectivity index (χ1) is 7.33. The summed E-state index contributed by atoms with van der Waals surface area (Å²) in [5.74, 6) is 1.32. The Labute approximate surface area is 92.5 Å². The third-order valence-electron chi connectivity index (χ3n) is 2.94. The van der Waals surface area contributed by atoms with Crippen LogP contribution in [0.15, 0.2) is 16.7 Å². The number of hydrogen-bond donors (Lipinski definition) is 0. The lowest BCUT2D eigenvalue weighted by molar-refractivity contribution is 0.469. The van der Waals surface area contributed by atoms with E-state index in [4.69, 9.17) is 16.0 Å². The van der Waals surface area contributed by atoms with Crippen molar-refractivity contribution in [1.29, 1.82) is 0 Å². The van der Waals surface area contributed by atoms with Crippen molar-refractivity contribution < 1.29 is 4.42 Å². The molecule has 2 heterocycles. The lowest BCUT2D eigenvalue weighted by atomic mass is 10.1. The molecule has 0 unspecified atom stereocenters. The lowest BCUT2D eigenvalue weighted by Gasteiger charge is -2.00. The van der Waals surface area contributed by atoms with E-state index < -0.39 is 0 Å². The predicted octanol–water partition coefficient (Wildman–Crippen LogP) is 3.53. The van der Waals surface area contributed by atoms with E-state index in [0.717, 1.165) is 11.4 Å². The molecule has 2 aromatic heterocycles. The molecule has 1 saturated carbocycles. The van der Waals surface area contributed by atoms with Gasteiger partial charge in [-0.15, -0.1) is 0 Å². The van der Waals surface area contributed by atoms with Gasteiger partial charge < -0.3 is 4.42 Å². The van der Waals surface area contributed by atoms with E-state index in [0.29, 0.717) is 16.7 Å². The van der Waals surface area contributed by atoms with Crippen molar-refractivity contribution in [2.45, 2.75) is 31.6 Å². The van der Waals surface area contributed by atoms with E-state index in [-0.39, 0.29) is 0 Å². The Morgan fingerprint density at radius 3 is 2.93 bits per heavy atom. The molecule has 1 fully saturated rings. The fourth-order valence-corrected chi connectivity index (χ4v) is 2.31. The minimum absolute atomic E-state index is 0.484. The molecule has 0 radical (unpaired) electrons. The molecule has 78 valence electrons. The maximum atomic E-state index is 5.84. The molecule has 0 spiro atoms. The molecule has 15 heavy (non-hydrogen) atoms. The van der Waals surface area contributed by atoms with Crippen molar-refractivity contribution in [3.8, 4) is 0 Å². The van der Waals surface area contributed by atoms with Crippen LogP contribution in [0.3, 0.4) is 0 Å². The highest BCUT2D eigenvalue weighted by Gasteiger charge is 2.22. The molecule has 0 atom stereocenters. The molecule has 2 aromatic rings. The molecular formula is C11H11ClN2O. The number of oxazole rings is 1. The van der Waals surface area contributed by atoms with Crippen LogP contribution in [0.4, 0.5) is 0 Å². The van der Waals surface area contributed by atoms with Crippen LogP contribution in [0, 0.1) is 0 Å². The number of rotatable bonds is 1. The zero-order valence-corrected chi connectivity index (χ0v) is 9.00. The van der Waals surface area contributed by atoms with E-state index in [2.05, 4.69) is 9.97 Å². The molecule has 0 aromatic carbocycles. The number of halogens is 1. The van der Waals surface area contributed by atoms with E-state index in [1.807, 2.05) is 0 Å². The summed E-state index contributed by atoms with van der Waals surface area (Å²) in [7, 11) is 0. The summed E-state index contributed by atoms with van der Waals surface area (Å²) in [5.41, 5.74) is 1.37. The summed E-state index contributed by atoms with van der Waals surface area (Å²) in [5, 5.41) is 0.605. The van der Waals surface area contributed by atoms with Crippen molar-refractivity contribution in [1.82, 2.24) is 9.97 Å². The lowest BCUT2D eigenvalue weighted by Crippen LogP contribution is -1.90. The summed E-state index contributed by atoms with van der Waals surface area (Å²) in [4.78, 5) is 8.55. The highest BCUT2D eigenvalue weighted by atomic mass is 35.5. The van der Waals surface area contributed by atoms with Crippen LogP contribution in [-0.2, 0) is 0 Å². The van der Waals surface area contributed by atoms with Crippen LogP contribution < -0.4 is 0 Å². The van der Waals surface area contributed by atoms with Gasteiger partial charge in [0.2, 0.25) is 11.6 Å². The van der Waals surface area contributed by atoms with Crippen LogP contribution in [0.2, 0.25) is 5.02 Å². The Morgan fingerprint density at radius 2 is 2.13 bits per heavy atom. The van der Waals surface area contributed by atoms with Gasteiger partial charge >= 0.3 is 0 Å². The molecule has 3 nitrogen and oxygen atoms in total. The van der Waals surface area contributed by atoms with Gasteiger partial charge in [-0.05, 0) is 18.9 Å². The van der Waals surface area contributed by atoms with Gasteiger partial charge in [0.05, 0.1) is 5.02 Å². The van der Waals surface area contributed by atoms with Gasteiger partial charge in [-0.1, -0.05) is 24.4 Å².